The zero-order valence-corrected chi connectivity index (χ0v) is 20.8. The molecule has 2 unspecified atom stereocenters. The van der Waals surface area contributed by atoms with Crippen molar-refractivity contribution in [3.8, 4) is 11.5 Å². The molecule has 0 radical (unpaired) electrons. The second kappa shape index (κ2) is 9.82. The number of fused-ring (bicyclic) bond motifs is 4. The number of rotatable bonds is 6. The molecule has 36 heavy (non-hydrogen) atoms. The molecule has 2 atom stereocenters. The lowest BCUT2D eigenvalue weighted by Crippen LogP contribution is -2.49. The monoisotopic (exact) mass is 508 g/mol. The Hall–Kier alpha value is -3.58. The lowest BCUT2D eigenvalue weighted by Gasteiger charge is -2.45. The first-order valence-corrected chi connectivity index (χ1v) is 12.4. The van der Waals surface area contributed by atoms with Gasteiger partial charge in [0.2, 0.25) is 5.91 Å². The van der Waals surface area contributed by atoms with Crippen LogP contribution in [-0.2, 0) is 11.2 Å². The van der Waals surface area contributed by atoms with Crippen molar-refractivity contribution >= 4 is 29.1 Å². The number of hydrogen-bond acceptors (Lipinski definition) is 4. The molecule has 2 aliphatic heterocycles. The number of ether oxygens (including phenoxy) is 2. The lowest BCUT2D eigenvalue weighted by molar-refractivity contribution is -0.119. The molecule has 0 aromatic heterocycles. The number of carbonyl (C=O) groups is 2. The normalized spacial score (nSPS) is 18.1. The zero-order valence-electron chi connectivity index (χ0n) is 20.0. The fourth-order valence-electron chi connectivity index (χ4n) is 5.15. The second-order valence-electron chi connectivity index (χ2n) is 8.74. The highest BCUT2D eigenvalue weighted by Crippen LogP contribution is 2.48. The molecule has 0 spiro atoms. The van der Waals surface area contributed by atoms with Crippen LogP contribution in [0.2, 0.25) is 5.02 Å². The van der Waals surface area contributed by atoms with Gasteiger partial charge in [-0.1, -0.05) is 29.8 Å². The maximum Gasteiger partial charge on any atom is 0.254 e. The third-order valence-corrected chi connectivity index (χ3v) is 6.94. The Balaban J connectivity index is 1.63. The number of amides is 2. The predicted molar refractivity (Wildman–Crippen MR) is 135 cm³/mol. The summed E-state index contributed by atoms with van der Waals surface area (Å²) in [5.74, 6) is -0.459. The van der Waals surface area contributed by atoms with Gasteiger partial charge in [-0.05, 0) is 73.4 Å². The Labute approximate surface area is 214 Å². The summed E-state index contributed by atoms with van der Waals surface area (Å²) < 4.78 is 25.4. The van der Waals surface area contributed by atoms with E-state index in [1.165, 1.54) is 18.2 Å². The maximum absolute atomic E-state index is 13.8. The summed E-state index contributed by atoms with van der Waals surface area (Å²) in [4.78, 5) is 29.1. The average Bonchev–Trinajstić information content (AvgIpc) is 2.87. The molecule has 0 saturated heterocycles. The molecule has 2 amide bonds. The van der Waals surface area contributed by atoms with Gasteiger partial charge in [0.05, 0.1) is 30.2 Å². The fraction of sp³-hybridized carbons (Fsp3) is 0.286. The SMILES string of the molecule is CCOc1cc2c(cc1OCC)C1C(C(=O)Nc3ccc(F)c(Cl)c3)c3ccccc3C(=O)N1CC2. The fourth-order valence-corrected chi connectivity index (χ4v) is 5.33. The van der Waals surface area contributed by atoms with E-state index in [1.807, 2.05) is 38.1 Å². The first-order chi connectivity index (χ1) is 17.4. The Bertz CT molecular complexity index is 1350. The Morgan fingerprint density at radius 3 is 2.50 bits per heavy atom. The summed E-state index contributed by atoms with van der Waals surface area (Å²) in [6.45, 7) is 5.22. The van der Waals surface area contributed by atoms with Crippen molar-refractivity contribution in [2.24, 2.45) is 0 Å². The van der Waals surface area contributed by atoms with Gasteiger partial charge in [0.25, 0.3) is 5.91 Å². The molecule has 2 heterocycles. The molecule has 0 saturated carbocycles. The summed E-state index contributed by atoms with van der Waals surface area (Å²) in [5.41, 5.74) is 3.40. The van der Waals surface area contributed by atoms with Gasteiger partial charge >= 0.3 is 0 Å². The van der Waals surface area contributed by atoms with Crippen LogP contribution < -0.4 is 14.8 Å². The van der Waals surface area contributed by atoms with Crippen LogP contribution in [-0.4, -0.2) is 36.5 Å². The largest absolute Gasteiger partial charge is 0.490 e. The molecule has 1 N–H and O–H groups in total. The van der Waals surface area contributed by atoms with Crippen molar-refractivity contribution in [3.05, 3.63) is 87.7 Å². The third kappa shape index (κ3) is 4.17. The molecule has 186 valence electrons. The van der Waals surface area contributed by atoms with E-state index in [0.29, 0.717) is 54.5 Å². The van der Waals surface area contributed by atoms with Crippen LogP contribution in [0.25, 0.3) is 0 Å². The van der Waals surface area contributed by atoms with Crippen LogP contribution in [0, 0.1) is 5.82 Å². The van der Waals surface area contributed by atoms with E-state index in [-0.39, 0.29) is 16.8 Å². The highest BCUT2D eigenvalue weighted by molar-refractivity contribution is 6.31. The van der Waals surface area contributed by atoms with Gasteiger partial charge in [0, 0.05) is 17.8 Å². The number of nitrogens with zero attached hydrogens (tertiary/aromatic N) is 1. The maximum atomic E-state index is 13.8. The van der Waals surface area contributed by atoms with E-state index >= 15 is 0 Å². The molecule has 0 fully saturated rings. The second-order valence-corrected chi connectivity index (χ2v) is 9.15. The number of nitrogens with one attached hydrogen (secondary N) is 1. The first kappa shape index (κ1) is 24.1. The summed E-state index contributed by atoms with van der Waals surface area (Å²) in [6.07, 6.45) is 0.633. The highest BCUT2D eigenvalue weighted by Gasteiger charge is 2.46. The van der Waals surface area contributed by atoms with Crippen LogP contribution in [0.4, 0.5) is 10.1 Å². The standard InChI is InChI=1S/C28H26ClFN2O4/c1-3-35-23-13-16-11-12-32-26(20(16)15-24(23)36-4-2)25(18-7-5-6-8-19(18)28(32)34)27(33)31-17-9-10-22(30)21(29)14-17/h5-10,13-15,25-26H,3-4,11-12H2,1-2H3,(H,31,33). The number of halogens is 2. The van der Waals surface area contributed by atoms with E-state index in [9.17, 15) is 14.0 Å². The minimum Gasteiger partial charge on any atom is -0.490 e. The van der Waals surface area contributed by atoms with Gasteiger partial charge in [-0.3, -0.25) is 9.59 Å². The van der Waals surface area contributed by atoms with Gasteiger partial charge in [-0.2, -0.15) is 0 Å². The Morgan fingerprint density at radius 1 is 1.06 bits per heavy atom. The van der Waals surface area contributed by atoms with Crippen molar-refractivity contribution in [3.63, 3.8) is 0 Å². The molecule has 3 aromatic carbocycles. The van der Waals surface area contributed by atoms with E-state index in [0.717, 1.165) is 11.1 Å². The van der Waals surface area contributed by atoms with Crippen molar-refractivity contribution in [2.45, 2.75) is 32.2 Å². The minimum absolute atomic E-state index is 0.0820. The number of carbonyl (C=O) groups excluding carboxylic acids is 2. The van der Waals surface area contributed by atoms with Crippen LogP contribution in [0.1, 0.15) is 52.9 Å². The van der Waals surface area contributed by atoms with Crippen molar-refractivity contribution in [2.75, 3.05) is 25.1 Å². The van der Waals surface area contributed by atoms with Crippen LogP contribution in [0.5, 0.6) is 11.5 Å². The first-order valence-electron chi connectivity index (χ1n) is 12.0. The summed E-state index contributed by atoms with van der Waals surface area (Å²) >= 11 is 5.94. The molecule has 3 aromatic rings. The quantitative estimate of drug-likeness (QED) is 0.460. The number of hydrogen-bond donors (Lipinski definition) is 1. The zero-order chi connectivity index (χ0) is 25.4. The van der Waals surface area contributed by atoms with Crippen molar-refractivity contribution < 1.29 is 23.5 Å². The predicted octanol–water partition coefficient (Wildman–Crippen LogP) is 5.75. The van der Waals surface area contributed by atoms with E-state index in [4.69, 9.17) is 21.1 Å². The molecule has 5 rings (SSSR count). The Kier molecular flexibility index (Phi) is 6.58. The lowest BCUT2D eigenvalue weighted by atomic mass is 9.75. The number of benzene rings is 3. The van der Waals surface area contributed by atoms with Gasteiger partial charge in [0.1, 0.15) is 5.82 Å². The molecule has 2 aliphatic rings. The topological polar surface area (TPSA) is 67.9 Å². The van der Waals surface area contributed by atoms with Gasteiger partial charge in [-0.15, -0.1) is 0 Å². The molecular formula is C28H26ClFN2O4. The summed E-state index contributed by atoms with van der Waals surface area (Å²) in [7, 11) is 0. The third-order valence-electron chi connectivity index (χ3n) is 6.65. The van der Waals surface area contributed by atoms with Gasteiger partial charge in [-0.25, -0.2) is 4.39 Å². The van der Waals surface area contributed by atoms with Crippen LogP contribution in [0.3, 0.4) is 0 Å². The van der Waals surface area contributed by atoms with Crippen LogP contribution in [0.15, 0.2) is 54.6 Å². The van der Waals surface area contributed by atoms with E-state index in [2.05, 4.69) is 5.32 Å². The highest BCUT2D eigenvalue weighted by atomic mass is 35.5. The van der Waals surface area contributed by atoms with Crippen LogP contribution >= 0.6 is 11.6 Å². The molecule has 6 nitrogen and oxygen atoms in total. The van der Waals surface area contributed by atoms with E-state index < -0.39 is 17.8 Å². The average molecular weight is 509 g/mol. The molecule has 0 bridgehead atoms. The van der Waals surface area contributed by atoms with Gasteiger partial charge in [0.15, 0.2) is 11.5 Å². The smallest absolute Gasteiger partial charge is 0.254 e. The minimum atomic E-state index is -0.700. The van der Waals surface area contributed by atoms with Gasteiger partial charge < -0.3 is 19.7 Å². The molecule has 8 heteroatoms. The molecule has 0 aliphatic carbocycles. The summed E-state index contributed by atoms with van der Waals surface area (Å²) in [5, 5.41) is 2.80. The number of anilines is 1. The summed E-state index contributed by atoms with van der Waals surface area (Å²) in [6, 6.07) is 14.6. The molecular weight excluding hydrogens is 483 g/mol. The van der Waals surface area contributed by atoms with Crippen molar-refractivity contribution in [1.82, 2.24) is 4.90 Å². The van der Waals surface area contributed by atoms with E-state index in [1.54, 1.807) is 17.0 Å². The van der Waals surface area contributed by atoms with Crippen molar-refractivity contribution in [1.29, 1.82) is 0 Å². The Morgan fingerprint density at radius 2 is 1.78 bits per heavy atom.